The van der Waals surface area contributed by atoms with E-state index in [-0.39, 0.29) is 11.6 Å². The molecule has 21 heavy (non-hydrogen) atoms. The van der Waals surface area contributed by atoms with Gasteiger partial charge in [-0.2, -0.15) is 13.2 Å². The molecule has 0 saturated carbocycles. The highest BCUT2D eigenvalue weighted by molar-refractivity contribution is 5.95. The van der Waals surface area contributed by atoms with Crippen molar-refractivity contribution in [3.05, 3.63) is 29.3 Å². The maximum atomic E-state index is 12.7. The normalized spacial score (nSPS) is 19.6. The van der Waals surface area contributed by atoms with E-state index in [4.69, 9.17) is 4.74 Å². The Bertz CT molecular complexity index is 531. The largest absolute Gasteiger partial charge is 0.478 e. The molecule has 1 aliphatic heterocycles. The topological polar surface area (TPSA) is 49.8 Å². The van der Waals surface area contributed by atoms with E-state index in [0.29, 0.717) is 31.5 Å². The monoisotopic (exact) mass is 303 g/mol. The van der Waals surface area contributed by atoms with E-state index in [1.165, 1.54) is 6.07 Å². The maximum Gasteiger partial charge on any atom is 0.416 e. The maximum absolute atomic E-state index is 12.7. The lowest BCUT2D eigenvalue weighted by molar-refractivity contribution is -0.137. The van der Waals surface area contributed by atoms with E-state index in [1.54, 1.807) is 0 Å². The van der Waals surface area contributed by atoms with Crippen molar-refractivity contribution in [3.8, 4) is 0 Å². The molecule has 0 aromatic heterocycles. The lowest BCUT2D eigenvalue weighted by Gasteiger charge is -2.37. The van der Waals surface area contributed by atoms with Gasteiger partial charge in [-0.25, -0.2) is 4.79 Å². The molecular weight excluding hydrogens is 287 g/mol. The molecule has 1 heterocycles. The van der Waals surface area contributed by atoms with Crippen molar-refractivity contribution in [3.63, 3.8) is 0 Å². The average Bonchev–Trinajstić information content (AvgIpc) is 2.45. The summed E-state index contributed by atoms with van der Waals surface area (Å²) in [6.07, 6.45) is -3.84. The van der Waals surface area contributed by atoms with Gasteiger partial charge in [-0.1, -0.05) is 6.92 Å². The fourth-order valence-electron chi connectivity index (χ4n) is 2.44. The molecule has 1 aromatic rings. The number of aromatic carboxylic acids is 1. The van der Waals surface area contributed by atoms with Gasteiger partial charge in [-0.05, 0) is 24.6 Å². The van der Waals surface area contributed by atoms with Crippen molar-refractivity contribution in [2.24, 2.45) is 0 Å². The van der Waals surface area contributed by atoms with E-state index < -0.39 is 17.7 Å². The lowest BCUT2D eigenvalue weighted by atomic mass is 10.0. The van der Waals surface area contributed by atoms with Crippen LogP contribution in [0.1, 0.15) is 29.3 Å². The van der Waals surface area contributed by atoms with Crippen molar-refractivity contribution >= 4 is 11.7 Å². The number of rotatable bonds is 3. The first-order valence-electron chi connectivity index (χ1n) is 6.63. The number of benzene rings is 1. The summed E-state index contributed by atoms with van der Waals surface area (Å²) in [6, 6.07) is 2.82. The third-order valence-electron chi connectivity index (χ3n) is 3.56. The molecule has 0 spiro atoms. The van der Waals surface area contributed by atoms with Crippen LogP contribution in [0.3, 0.4) is 0 Å². The minimum Gasteiger partial charge on any atom is -0.478 e. The molecule has 1 aliphatic rings. The molecule has 1 N–H and O–H groups in total. The number of carboxylic acid groups (broad SMARTS) is 1. The fourth-order valence-corrected chi connectivity index (χ4v) is 2.44. The Hall–Kier alpha value is -1.76. The van der Waals surface area contributed by atoms with Crippen LogP contribution in [0.15, 0.2) is 18.2 Å². The second-order valence-electron chi connectivity index (χ2n) is 4.87. The number of alkyl halides is 3. The molecule has 1 fully saturated rings. The molecule has 1 unspecified atom stereocenters. The van der Waals surface area contributed by atoms with Crippen molar-refractivity contribution in [1.82, 2.24) is 0 Å². The van der Waals surface area contributed by atoms with Crippen molar-refractivity contribution in [2.75, 3.05) is 24.7 Å². The number of morpholine rings is 1. The van der Waals surface area contributed by atoms with E-state index in [9.17, 15) is 23.1 Å². The molecule has 116 valence electrons. The van der Waals surface area contributed by atoms with Crippen LogP contribution >= 0.6 is 0 Å². The summed E-state index contributed by atoms with van der Waals surface area (Å²) in [5.74, 6) is -1.36. The summed E-state index contributed by atoms with van der Waals surface area (Å²) in [7, 11) is 0. The molecule has 0 bridgehead atoms. The van der Waals surface area contributed by atoms with E-state index >= 15 is 0 Å². The van der Waals surface area contributed by atoms with Gasteiger partial charge in [0.05, 0.1) is 36.1 Å². The van der Waals surface area contributed by atoms with Gasteiger partial charge in [0, 0.05) is 6.54 Å². The standard InChI is InChI=1S/C14H16F3NO3/c1-2-10-8-21-6-5-18(10)12-4-3-9(14(15,16)17)7-11(12)13(19)20/h3-4,7,10H,2,5-6,8H2,1H3,(H,19,20). The smallest absolute Gasteiger partial charge is 0.416 e. The molecule has 2 rings (SSSR count). The first kappa shape index (κ1) is 15.6. The Morgan fingerprint density at radius 1 is 1.48 bits per heavy atom. The first-order valence-corrected chi connectivity index (χ1v) is 6.63. The van der Waals surface area contributed by atoms with Gasteiger partial charge in [-0.3, -0.25) is 0 Å². The fraction of sp³-hybridized carbons (Fsp3) is 0.500. The summed E-state index contributed by atoms with van der Waals surface area (Å²) in [5, 5.41) is 9.22. The summed E-state index contributed by atoms with van der Waals surface area (Å²) in [6.45, 7) is 3.26. The summed E-state index contributed by atoms with van der Waals surface area (Å²) in [5.41, 5.74) is -0.971. The lowest BCUT2D eigenvalue weighted by Crippen LogP contribution is -2.45. The second-order valence-corrected chi connectivity index (χ2v) is 4.87. The van der Waals surface area contributed by atoms with Crippen molar-refractivity contribution in [1.29, 1.82) is 0 Å². The van der Waals surface area contributed by atoms with Gasteiger partial charge in [-0.15, -0.1) is 0 Å². The molecule has 1 aromatic carbocycles. The Morgan fingerprint density at radius 3 is 2.76 bits per heavy atom. The van der Waals surface area contributed by atoms with Gasteiger partial charge in [0.2, 0.25) is 0 Å². The minimum absolute atomic E-state index is 0.0337. The zero-order valence-electron chi connectivity index (χ0n) is 11.5. The third kappa shape index (κ3) is 3.29. The van der Waals surface area contributed by atoms with Gasteiger partial charge in [0.1, 0.15) is 0 Å². The number of ether oxygens (including phenoxy) is 1. The Morgan fingerprint density at radius 2 is 2.19 bits per heavy atom. The van der Waals surface area contributed by atoms with Crippen LogP contribution in [0.25, 0.3) is 0 Å². The highest BCUT2D eigenvalue weighted by atomic mass is 19.4. The van der Waals surface area contributed by atoms with Gasteiger partial charge in [0.25, 0.3) is 0 Å². The Labute approximate surface area is 120 Å². The van der Waals surface area contributed by atoms with E-state index in [1.807, 2.05) is 11.8 Å². The predicted octanol–water partition coefficient (Wildman–Crippen LogP) is 3.02. The van der Waals surface area contributed by atoms with E-state index in [2.05, 4.69) is 0 Å². The van der Waals surface area contributed by atoms with Crippen LogP contribution in [0.2, 0.25) is 0 Å². The van der Waals surface area contributed by atoms with Crippen LogP contribution in [0, 0.1) is 0 Å². The molecule has 1 atom stereocenters. The van der Waals surface area contributed by atoms with Crippen LogP contribution in [0.5, 0.6) is 0 Å². The summed E-state index contributed by atoms with van der Waals surface area (Å²) in [4.78, 5) is 13.1. The molecule has 4 nitrogen and oxygen atoms in total. The van der Waals surface area contributed by atoms with Crippen LogP contribution in [-0.2, 0) is 10.9 Å². The highest BCUT2D eigenvalue weighted by Gasteiger charge is 2.33. The number of anilines is 1. The number of hydrogen-bond donors (Lipinski definition) is 1. The van der Waals surface area contributed by atoms with Crippen molar-refractivity contribution < 1.29 is 27.8 Å². The highest BCUT2D eigenvalue weighted by Crippen LogP contribution is 2.34. The number of carbonyl (C=O) groups is 1. The Balaban J connectivity index is 2.45. The third-order valence-corrected chi connectivity index (χ3v) is 3.56. The summed E-state index contributed by atoms with van der Waals surface area (Å²) < 4.78 is 43.5. The first-order chi connectivity index (χ1) is 9.84. The molecule has 0 amide bonds. The van der Waals surface area contributed by atoms with Crippen molar-refractivity contribution in [2.45, 2.75) is 25.6 Å². The van der Waals surface area contributed by atoms with Crippen LogP contribution in [0.4, 0.5) is 18.9 Å². The molecular formula is C14H16F3NO3. The second kappa shape index (κ2) is 5.93. The SMILES string of the molecule is CCC1COCCN1c1ccc(C(F)(F)F)cc1C(=O)O. The molecule has 1 saturated heterocycles. The zero-order chi connectivity index (χ0) is 15.6. The van der Waals surface area contributed by atoms with Crippen LogP contribution < -0.4 is 4.90 Å². The number of halogens is 3. The number of hydrogen-bond acceptors (Lipinski definition) is 3. The average molecular weight is 303 g/mol. The van der Waals surface area contributed by atoms with Gasteiger partial charge in [0.15, 0.2) is 0 Å². The quantitative estimate of drug-likeness (QED) is 0.932. The molecule has 0 aliphatic carbocycles. The zero-order valence-corrected chi connectivity index (χ0v) is 11.5. The minimum atomic E-state index is -4.56. The number of nitrogens with zero attached hydrogens (tertiary/aromatic N) is 1. The van der Waals surface area contributed by atoms with Crippen LogP contribution in [-0.4, -0.2) is 36.9 Å². The van der Waals surface area contributed by atoms with E-state index in [0.717, 1.165) is 12.5 Å². The Kier molecular flexibility index (Phi) is 4.41. The molecule has 7 heteroatoms. The van der Waals surface area contributed by atoms with Gasteiger partial charge < -0.3 is 14.7 Å². The number of carboxylic acids is 1. The van der Waals surface area contributed by atoms with Gasteiger partial charge >= 0.3 is 12.1 Å². The summed E-state index contributed by atoms with van der Waals surface area (Å²) >= 11 is 0. The molecule has 0 radical (unpaired) electrons. The predicted molar refractivity (Wildman–Crippen MR) is 70.6 cm³/mol.